The van der Waals surface area contributed by atoms with Crippen LogP contribution in [0.2, 0.25) is 0 Å². The molecule has 2 N–H and O–H groups in total. The minimum absolute atomic E-state index is 0.151. The molecule has 2 heterocycles. The van der Waals surface area contributed by atoms with Gasteiger partial charge in [-0.05, 0) is 39.8 Å². The summed E-state index contributed by atoms with van der Waals surface area (Å²) in [6, 6.07) is 7.10. The van der Waals surface area contributed by atoms with E-state index >= 15 is 0 Å². The summed E-state index contributed by atoms with van der Waals surface area (Å²) < 4.78 is 1.91. The SMILES string of the molecule is CCn1c(SCC(=O)Nc2ncc(C)s2)nnc1[C@@H](C)NC(=O)c1cccc(C)c1. The zero-order valence-corrected chi connectivity index (χ0v) is 18.9. The Bertz CT molecular complexity index is 1050. The first-order valence-corrected chi connectivity index (χ1v) is 11.3. The zero-order valence-electron chi connectivity index (χ0n) is 17.3. The molecule has 10 heteroatoms. The maximum absolute atomic E-state index is 12.5. The Labute approximate surface area is 183 Å². The van der Waals surface area contributed by atoms with E-state index in [2.05, 4.69) is 25.8 Å². The van der Waals surface area contributed by atoms with Crippen molar-refractivity contribution in [1.82, 2.24) is 25.1 Å². The van der Waals surface area contributed by atoms with Crippen LogP contribution in [0.15, 0.2) is 35.6 Å². The third kappa shape index (κ3) is 5.45. The summed E-state index contributed by atoms with van der Waals surface area (Å²) in [4.78, 5) is 29.9. The number of nitrogens with zero attached hydrogens (tertiary/aromatic N) is 4. The molecule has 0 radical (unpaired) electrons. The fourth-order valence-electron chi connectivity index (χ4n) is 2.85. The van der Waals surface area contributed by atoms with Crippen LogP contribution in [-0.2, 0) is 11.3 Å². The van der Waals surface area contributed by atoms with Gasteiger partial charge in [0.15, 0.2) is 16.1 Å². The van der Waals surface area contributed by atoms with Crippen LogP contribution in [0, 0.1) is 13.8 Å². The number of thioether (sulfide) groups is 1. The van der Waals surface area contributed by atoms with Gasteiger partial charge < -0.3 is 15.2 Å². The number of aryl methyl sites for hydroxylation is 2. The third-order valence-electron chi connectivity index (χ3n) is 4.28. The van der Waals surface area contributed by atoms with Crippen LogP contribution in [0.25, 0.3) is 0 Å². The number of rotatable bonds is 8. The van der Waals surface area contributed by atoms with E-state index in [-0.39, 0.29) is 23.6 Å². The van der Waals surface area contributed by atoms with E-state index in [0.29, 0.717) is 28.2 Å². The largest absolute Gasteiger partial charge is 0.342 e. The number of carbonyl (C=O) groups is 2. The van der Waals surface area contributed by atoms with Crippen molar-refractivity contribution in [2.45, 2.75) is 45.4 Å². The van der Waals surface area contributed by atoms with E-state index in [9.17, 15) is 9.59 Å². The van der Waals surface area contributed by atoms with Crippen molar-refractivity contribution in [3.63, 3.8) is 0 Å². The van der Waals surface area contributed by atoms with Crippen LogP contribution >= 0.6 is 23.1 Å². The first-order chi connectivity index (χ1) is 14.4. The topological polar surface area (TPSA) is 102 Å². The van der Waals surface area contributed by atoms with Gasteiger partial charge in [0.1, 0.15) is 0 Å². The van der Waals surface area contributed by atoms with Crippen molar-refractivity contribution in [3.8, 4) is 0 Å². The van der Waals surface area contributed by atoms with Gasteiger partial charge in [-0.2, -0.15) is 0 Å². The van der Waals surface area contributed by atoms with Crippen LogP contribution in [0.4, 0.5) is 5.13 Å². The molecule has 158 valence electrons. The summed E-state index contributed by atoms with van der Waals surface area (Å²) in [7, 11) is 0. The van der Waals surface area contributed by atoms with Crippen molar-refractivity contribution >= 4 is 40.0 Å². The van der Waals surface area contributed by atoms with Gasteiger partial charge >= 0.3 is 0 Å². The number of carbonyl (C=O) groups excluding carboxylic acids is 2. The summed E-state index contributed by atoms with van der Waals surface area (Å²) in [5.41, 5.74) is 1.63. The maximum Gasteiger partial charge on any atom is 0.251 e. The van der Waals surface area contributed by atoms with E-state index in [1.807, 2.05) is 50.5 Å². The highest BCUT2D eigenvalue weighted by atomic mass is 32.2. The third-order valence-corrected chi connectivity index (χ3v) is 6.07. The summed E-state index contributed by atoms with van der Waals surface area (Å²) in [6.45, 7) is 8.36. The van der Waals surface area contributed by atoms with Crippen LogP contribution in [-0.4, -0.2) is 37.3 Å². The van der Waals surface area contributed by atoms with Gasteiger partial charge in [0.05, 0.1) is 11.8 Å². The molecule has 1 atom stereocenters. The molecule has 0 bridgehead atoms. The lowest BCUT2D eigenvalue weighted by atomic mass is 10.1. The smallest absolute Gasteiger partial charge is 0.251 e. The van der Waals surface area contributed by atoms with Gasteiger partial charge in [-0.15, -0.1) is 21.5 Å². The van der Waals surface area contributed by atoms with E-state index < -0.39 is 0 Å². The molecule has 2 aromatic heterocycles. The molecule has 1 aromatic carbocycles. The van der Waals surface area contributed by atoms with E-state index in [1.54, 1.807) is 12.3 Å². The Hall–Kier alpha value is -2.72. The maximum atomic E-state index is 12.5. The predicted molar refractivity (Wildman–Crippen MR) is 119 cm³/mol. The Morgan fingerprint density at radius 2 is 2.07 bits per heavy atom. The molecular formula is C20H24N6O2S2. The van der Waals surface area contributed by atoms with Gasteiger partial charge in [0.2, 0.25) is 5.91 Å². The number of hydrogen-bond donors (Lipinski definition) is 2. The van der Waals surface area contributed by atoms with Crippen LogP contribution in [0.3, 0.4) is 0 Å². The average molecular weight is 445 g/mol. The van der Waals surface area contributed by atoms with Gasteiger partial charge in [-0.25, -0.2) is 4.98 Å². The summed E-state index contributed by atoms with van der Waals surface area (Å²) in [5, 5.41) is 15.4. The quantitative estimate of drug-likeness (QED) is 0.515. The Kier molecular flexibility index (Phi) is 7.22. The highest BCUT2D eigenvalue weighted by Gasteiger charge is 2.20. The molecule has 30 heavy (non-hydrogen) atoms. The Morgan fingerprint density at radius 3 is 2.73 bits per heavy atom. The first-order valence-electron chi connectivity index (χ1n) is 9.53. The molecule has 0 unspecified atom stereocenters. The second-order valence-corrected chi connectivity index (χ2v) is 8.94. The molecule has 0 aliphatic heterocycles. The normalized spacial score (nSPS) is 11.9. The van der Waals surface area contributed by atoms with Gasteiger partial charge in [0, 0.05) is 23.2 Å². The molecule has 0 saturated heterocycles. The fraction of sp³-hybridized carbons (Fsp3) is 0.350. The number of nitrogens with one attached hydrogen (secondary N) is 2. The number of thiazole rings is 1. The molecule has 2 amide bonds. The summed E-state index contributed by atoms with van der Waals surface area (Å²) in [6.07, 6.45) is 1.72. The second-order valence-electron chi connectivity index (χ2n) is 6.76. The number of benzene rings is 1. The summed E-state index contributed by atoms with van der Waals surface area (Å²) >= 11 is 2.74. The molecule has 0 saturated carbocycles. The second kappa shape index (κ2) is 9.86. The molecule has 0 aliphatic carbocycles. The highest BCUT2D eigenvalue weighted by Crippen LogP contribution is 2.22. The van der Waals surface area contributed by atoms with E-state index in [4.69, 9.17) is 0 Å². The predicted octanol–water partition coefficient (Wildman–Crippen LogP) is 3.59. The molecule has 0 aliphatic rings. The molecule has 0 fully saturated rings. The molecule has 3 rings (SSSR count). The van der Waals surface area contributed by atoms with Crippen molar-refractivity contribution in [3.05, 3.63) is 52.3 Å². The van der Waals surface area contributed by atoms with Crippen molar-refractivity contribution in [2.24, 2.45) is 0 Å². The van der Waals surface area contributed by atoms with Crippen LogP contribution in [0.1, 0.15) is 46.5 Å². The summed E-state index contributed by atoms with van der Waals surface area (Å²) in [5.74, 6) is 0.532. The van der Waals surface area contributed by atoms with Gasteiger partial charge in [0.25, 0.3) is 5.91 Å². The lowest BCUT2D eigenvalue weighted by Crippen LogP contribution is -2.28. The van der Waals surface area contributed by atoms with Crippen LogP contribution < -0.4 is 10.6 Å². The number of aromatic nitrogens is 4. The average Bonchev–Trinajstić information content (AvgIpc) is 3.31. The van der Waals surface area contributed by atoms with Crippen LogP contribution in [0.5, 0.6) is 0 Å². The monoisotopic (exact) mass is 444 g/mol. The number of amides is 2. The van der Waals surface area contributed by atoms with E-state index in [0.717, 1.165) is 10.4 Å². The fourth-order valence-corrected chi connectivity index (χ4v) is 4.34. The zero-order chi connectivity index (χ0) is 21.7. The molecule has 8 nitrogen and oxygen atoms in total. The van der Waals surface area contributed by atoms with Crippen molar-refractivity contribution in [2.75, 3.05) is 11.1 Å². The lowest BCUT2D eigenvalue weighted by Gasteiger charge is -2.15. The number of hydrogen-bond acceptors (Lipinski definition) is 7. The van der Waals surface area contributed by atoms with Crippen molar-refractivity contribution < 1.29 is 9.59 Å². The molecule has 0 spiro atoms. The van der Waals surface area contributed by atoms with Crippen molar-refractivity contribution in [1.29, 1.82) is 0 Å². The van der Waals surface area contributed by atoms with E-state index in [1.165, 1.54) is 23.1 Å². The molecular weight excluding hydrogens is 420 g/mol. The minimum Gasteiger partial charge on any atom is -0.342 e. The Balaban J connectivity index is 1.62. The standard InChI is InChI=1S/C20H24N6O2S2/c1-5-26-17(14(4)22-18(28)15-8-6-7-12(2)9-15)24-25-20(26)29-11-16(27)23-19-21-10-13(3)30-19/h6-10,14H,5,11H2,1-4H3,(H,22,28)(H,21,23,27)/t14-/m1/s1. The number of anilines is 1. The Morgan fingerprint density at radius 1 is 1.27 bits per heavy atom. The highest BCUT2D eigenvalue weighted by molar-refractivity contribution is 7.99. The van der Waals surface area contributed by atoms with Gasteiger partial charge in [-0.1, -0.05) is 29.5 Å². The first kappa shape index (κ1) is 22.0. The van der Waals surface area contributed by atoms with Gasteiger partial charge in [-0.3, -0.25) is 9.59 Å². The minimum atomic E-state index is -0.327. The molecule has 3 aromatic rings. The lowest BCUT2D eigenvalue weighted by molar-refractivity contribution is -0.113.